The molecule has 0 saturated heterocycles. The normalized spacial score (nSPS) is 12.2. The maximum atomic E-state index is 13.4. The number of halogens is 4. The molecule has 0 fully saturated rings. The Balaban J connectivity index is 2.47. The number of anilines is 1. The highest BCUT2D eigenvalue weighted by Gasteiger charge is 2.31. The lowest BCUT2D eigenvalue weighted by Crippen LogP contribution is -2.51. The van der Waals surface area contributed by atoms with Crippen molar-refractivity contribution in [1.82, 2.24) is 10.2 Å². The number of carbonyl (C=O) groups is 2. The first kappa shape index (κ1) is 27.5. The maximum Gasteiger partial charge on any atom is 0.244 e. The summed E-state index contributed by atoms with van der Waals surface area (Å²) in [6.07, 6.45) is 0.935. The van der Waals surface area contributed by atoms with Crippen LogP contribution in [-0.2, 0) is 26.2 Å². The molecular weight excluding hydrogens is 532 g/mol. The van der Waals surface area contributed by atoms with Crippen LogP contribution in [-0.4, -0.2) is 50.5 Å². The van der Waals surface area contributed by atoms with Crippen LogP contribution in [0.2, 0.25) is 20.1 Å². The van der Waals surface area contributed by atoms with E-state index in [2.05, 4.69) is 5.32 Å². The van der Waals surface area contributed by atoms with Crippen LogP contribution < -0.4 is 9.62 Å². The smallest absolute Gasteiger partial charge is 0.244 e. The van der Waals surface area contributed by atoms with Gasteiger partial charge in [0.15, 0.2) is 0 Å². The summed E-state index contributed by atoms with van der Waals surface area (Å²) in [6, 6.07) is 8.53. The van der Waals surface area contributed by atoms with E-state index >= 15 is 0 Å². The predicted molar refractivity (Wildman–Crippen MR) is 134 cm³/mol. The predicted octanol–water partition coefficient (Wildman–Crippen LogP) is 4.62. The second-order valence-electron chi connectivity index (χ2n) is 7.17. The van der Waals surface area contributed by atoms with Gasteiger partial charge in [-0.05, 0) is 37.6 Å². The van der Waals surface area contributed by atoms with Crippen LogP contribution >= 0.6 is 46.4 Å². The molecular formula is C21H23Cl4N3O4S. The third kappa shape index (κ3) is 7.13. The molecule has 2 aromatic carbocycles. The molecule has 12 heteroatoms. The van der Waals surface area contributed by atoms with Crippen molar-refractivity contribution in [3.8, 4) is 0 Å². The summed E-state index contributed by atoms with van der Waals surface area (Å²) >= 11 is 24.5. The van der Waals surface area contributed by atoms with Crippen molar-refractivity contribution < 1.29 is 18.0 Å². The van der Waals surface area contributed by atoms with Crippen LogP contribution in [0.1, 0.15) is 19.4 Å². The molecule has 0 radical (unpaired) electrons. The van der Waals surface area contributed by atoms with Crippen LogP contribution in [0.4, 0.5) is 5.69 Å². The summed E-state index contributed by atoms with van der Waals surface area (Å²) in [6.45, 7) is 3.04. The lowest BCUT2D eigenvalue weighted by molar-refractivity contribution is -0.139. The van der Waals surface area contributed by atoms with Crippen LogP contribution in [0.5, 0.6) is 0 Å². The number of nitrogens with one attached hydrogen (secondary N) is 1. The van der Waals surface area contributed by atoms with Gasteiger partial charge < -0.3 is 10.2 Å². The SMILES string of the molecule is CCNC(=O)C(C)N(Cc1ccccc1Cl)C(=O)CN(c1cc(Cl)c(Cl)cc1Cl)S(C)(=O)=O. The summed E-state index contributed by atoms with van der Waals surface area (Å²) in [7, 11) is -3.96. The first-order valence-electron chi connectivity index (χ1n) is 9.79. The first-order chi connectivity index (χ1) is 15.4. The molecule has 2 rings (SSSR count). The molecule has 0 saturated carbocycles. The summed E-state index contributed by atoms with van der Waals surface area (Å²) in [4.78, 5) is 27.2. The van der Waals surface area contributed by atoms with Crippen molar-refractivity contribution in [2.45, 2.75) is 26.4 Å². The molecule has 0 aromatic heterocycles. The fourth-order valence-electron chi connectivity index (χ4n) is 3.01. The van der Waals surface area contributed by atoms with Crippen molar-refractivity contribution in [3.63, 3.8) is 0 Å². The molecule has 0 spiro atoms. The van der Waals surface area contributed by atoms with E-state index in [1.807, 2.05) is 0 Å². The molecule has 1 N–H and O–H groups in total. The molecule has 0 bridgehead atoms. The zero-order valence-corrected chi connectivity index (χ0v) is 22.0. The topological polar surface area (TPSA) is 86.8 Å². The van der Waals surface area contributed by atoms with Gasteiger partial charge >= 0.3 is 0 Å². The van der Waals surface area contributed by atoms with Gasteiger partial charge in [-0.1, -0.05) is 64.6 Å². The standard InChI is InChI=1S/C21H23Cl4N3O4S/c1-4-26-21(30)13(2)27(11-14-7-5-6-8-15(14)22)20(29)12-28(33(3,31)32)19-10-17(24)16(23)9-18(19)25/h5-10,13H,4,11-12H2,1-3H3,(H,26,30). The van der Waals surface area contributed by atoms with Crippen molar-refractivity contribution in [3.05, 3.63) is 62.1 Å². The van der Waals surface area contributed by atoms with E-state index in [1.165, 1.54) is 17.0 Å². The summed E-state index contributed by atoms with van der Waals surface area (Å²) in [5.74, 6) is -1.03. The Kier molecular flexibility index (Phi) is 9.70. The number of amides is 2. The fourth-order valence-corrected chi connectivity index (χ4v) is 4.75. The van der Waals surface area contributed by atoms with E-state index in [0.29, 0.717) is 17.1 Å². The molecule has 0 aliphatic carbocycles. The Morgan fingerprint density at radius 1 is 1.00 bits per heavy atom. The van der Waals surface area contributed by atoms with Gasteiger partial charge in [0.2, 0.25) is 21.8 Å². The van der Waals surface area contributed by atoms with Crippen LogP contribution in [0.15, 0.2) is 36.4 Å². The van der Waals surface area contributed by atoms with Crippen molar-refractivity contribution in [2.24, 2.45) is 0 Å². The second kappa shape index (κ2) is 11.6. The van der Waals surface area contributed by atoms with E-state index in [4.69, 9.17) is 46.4 Å². The molecule has 0 aliphatic heterocycles. The van der Waals surface area contributed by atoms with Gasteiger partial charge in [0, 0.05) is 18.1 Å². The van der Waals surface area contributed by atoms with Gasteiger partial charge in [-0.15, -0.1) is 0 Å². The van der Waals surface area contributed by atoms with E-state index in [1.54, 1.807) is 38.1 Å². The summed E-state index contributed by atoms with van der Waals surface area (Å²) < 4.78 is 26.0. The quantitative estimate of drug-likeness (QED) is 0.458. The molecule has 1 unspecified atom stereocenters. The Bertz CT molecular complexity index is 1140. The number of hydrogen-bond acceptors (Lipinski definition) is 4. The Hall–Kier alpha value is -1.71. The minimum absolute atomic E-state index is 0.00273. The van der Waals surface area contributed by atoms with E-state index in [0.717, 1.165) is 10.6 Å². The zero-order valence-electron chi connectivity index (χ0n) is 18.1. The Morgan fingerprint density at radius 3 is 2.18 bits per heavy atom. The third-order valence-corrected chi connectivity index (χ3v) is 7.27. The highest BCUT2D eigenvalue weighted by Crippen LogP contribution is 2.35. The molecule has 2 amide bonds. The number of carbonyl (C=O) groups excluding carboxylic acids is 2. The monoisotopic (exact) mass is 553 g/mol. The van der Waals surface area contributed by atoms with Crippen molar-refractivity contribution in [1.29, 1.82) is 0 Å². The van der Waals surface area contributed by atoms with Gasteiger partial charge in [-0.3, -0.25) is 13.9 Å². The van der Waals surface area contributed by atoms with Crippen molar-refractivity contribution in [2.75, 3.05) is 23.7 Å². The molecule has 33 heavy (non-hydrogen) atoms. The number of likely N-dealkylation sites (N-methyl/N-ethyl adjacent to an activating group) is 1. The minimum atomic E-state index is -3.96. The van der Waals surface area contributed by atoms with E-state index in [-0.39, 0.29) is 27.3 Å². The average Bonchev–Trinajstić information content (AvgIpc) is 2.73. The molecule has 0 aliphatic rings. The van der Waals surface area contributed by atoms with E-state index in [9.17, 15) is 18.0 Å². The fraction of sp³-hybridized carbons (Fsp3) is 0.333. The summed E-state index contributed by atoms with van der Waals surface area (Å²) in [5, 5.41) is 3.28. The first-order valence-corrected chi connectivity index (χ1v) is 13.2. The zero-order chi connectivity index (χ0) is 24.9. The van der Waals surface area contributed by atoms with Gasteiger partial charge in [0.05, 0.1) is 27.0 Å². The molecule has 7 nitrogen and oxygen atoms in total. The molecule has 0 heterocycles. The average molecular weight is 555 g/mol. The second-order valence-corrected chi connectivity index (χ2v) is 10.7. The summed E-state index contributed by atoms with van der Waals surface area (Å²) in [5.41, 5.74) is 0.590. The molecule has 2 aromatic rings. The van der Waals surface area contributed by atoms with Gasteiger partial charge in [-0.2, -0.15) is 0 Å². The van der Waals surface area contributed by atoms with Crippen LogP contribution in [0.3, 0.4) is 0 Å². The lowest BCUT2D eigenvalue weighted by atomic mass is 10.1. The molecule has 180 valence electrons. The highest BCUT2D eigenvalue weighted by molar-refractivity contribution is 7.92. The Labute approximate surface area is 213 Å². The molecule has 1 atom stereocenters. The van der Waals surface area contributed by atoms with E-state index < -0.39 is 34.4 Å². The largest absolute Gasteiger partial charge is 0.355 e. The van der Waals surface area contributed by atoms with Crippen LogP contribution in [0, 0.1) is 0 Å². The number of rotatable bonds is 9. The minimum Gasteiger partial charge on any atom is -0.355 e. The van der Waals surface area contributed by atoms with Crippen LogP contribution in [0.25, 0.3) is 0 Å². The third-order valence-electron chi connectivity index (χ3n) is 4.75. The highest BCUT2D eigenvalue weighted by atomic mass is 35.5. The lowest BCUT2D eigenvalue weighted by Gasteiger charge is -2.32. The maximum absolute atomic E-state index is 13.4. The van der Waals surface area contributed by atoms with Gasteiger partial charge in [-0.25, -0.2) is 8.42 Å². The van der Waals surface area contributed by atoms with Crippen molar-refractivity contribution >= 4 is 73.9 Å². The Morgan fingerprint density at radius 2 is 1.61 bits per heavy atom. The number of benzene rings is 2. The number of sulfonamides is 1. The van der Waals surface area contributed by atoms with Gasteiger partial charge in [0.25, 0.3) is 0 Å². The number of nitrogens with zero attached hydrogens (tertiary/aromatic N) is 2. The van der Waals surface area contributed by atoms with Gasteiger partial charge in [0.1, 0.15) is 12.6 Å². The number of hydrogen-bond donors (Lipinski definition) is 1.